The van der Waals surface area contributed by atoms with E-state index in [1.54, 1.807) is 0 Å². The maximum absolute atomic E-state index is 11.7. The van der Waals surface area contributed by atoms with E-state index >= 15 is 0 Å². The number of esters is 1. The molecule has 0 heterocycles. The third kappa shape index (κ3) is 3.55. The topological polar surface area (TPSA) is 69.4 Å². The minimum atomic E-state index is -0.529. The molecule has 0 saturated carbocycles. The SMILES string of the molecule is CCC(C)(C)OC(=O)c1ccc([N+](=O)[O-])cc1. The summed E-state index contributed by atoms with van der Waals surface area (Å²) in [5.41, 5.74) is -0.257. The number of carbonyl (C=O) groups is 1. The van der Waals surface area contributed by atoms with Crippen LogP contribution in [-0.4, -0.2) is 16.5 Å². The Labute approximate surface area is 99.5 Å². The van der Waals surface area contributed by atoms with Gasteiger partial charge in [0.2, 0.25) is 0 Å². The van der Waals surface area contributed by atoms with Crippen molar-refractivity contribution >= 4 is 11.7 Å². The lowest BCUT2D eigenvalue weighted by atomic mass is 10.1. The van der Waals surface area contributed by atoms with Crippen LogP contribution in [0.4, 0.5) is 5.69 Å². The molecule has 0 aliphatic carbocycles. The zero-order valence-electron chi connectivity index (χ0n) is 10.1. The summed E-state index contributed by atoms with van der Waals surface area (Å²) in [7, 11) is 0. The lowest BCUT2D eigenvalue weighted by Gasteiger charge is -2.23. The van der Waals surface area contributed by atoms with Crippen LogP contribution in [0.3, 0.4) is 0 Å². The Hall–Kier alpha value is -1.91. The van der Waals surface area contributed by atoms with Crippen LogP contribution < -0.4 is 0 Å². The van der Waals surface area contributed by atoms with Crippen molar-refractivity contribution in [3.63, 3.8) is 0 Å². The van der Waals surface area contributed by atoms with Gasteiger partial charge in [-0.05, 0) is 32.4 Å². The van der Waals surface area contributed by atoms with Crippen LogP contribution >= 0.6 is 0 Å². The lowest BCUT2D eigenvalue weighted by molar-refractivity contribution is -0.384. The predicted octanol–water partition coefficient (Wildman–Crippen LogP) is 2.94. The van der Waals surface area contributed by atoms with Crippen LogP contribution in [0, 0.1) is 10.1 Å². The Kier molecular flexibility index (Phi) is 3.83. The fraction of sp³-hybridized carbons (Fsp3) is 0.417. The van der Waals surface area contributed by atoms with Crippen molar-refractivity contribution in [3.8, 4) is 0 Å². The van der Waals surface area contributed by atoms with Gasteiger partial charge in [-0.25, -0.2) is 4.79 Å². The van der Waals surface area contributed by atoms with Crippen molar-refractivity contribution in [3.05, 3.63) is 39.9 Å². The van der Waals surface area contributed by atoms with Crippen molar-refractivity contribution in [1.82, 2.24) is 0 Å². The van der Waals surface area contributed by atoms with Gasteiger partial charge >= 0.3 is 5.97 Å². The second-order valence-electron chi connectivity index (χ2n) is 4.31. The Morgan fingerprint density at radius 1 is 1.35 bits per heavy atom. The molecule has 92 valence electrons. The van der Waals surface area contributed by atoms with Gasteiger partial charge in [0.05, 0.1) is 10.5 Å². The van der Waals surface area contributed by atoms with Gasteiger partial charge in [0, 0.05) is 12.1 Å². The normalized spacial score (nSPS) is 11.0. The summed E-state index contributed by atoms with van der Waals surface area (Å²) in [6.45, 7) is 5.55. The molecule has 5 nitrogen and oxygen atoms in total. The summed E-state index contributed by atoms with van der Waals surface area (Å²) in [6.07, 6.45) is 0.700. The van der Waals surface area contributed by atoms with Crippen LogP contribution in [0.2, 0.25) is 0 Å². The van der Waals surface area contributed by atoms with E-state index in [1.165, 1.54) is 24.3 Å². The van der Waals surface area contributed by atoms with Crippen LogP contribution in [0.5, 0.6) is 0 Å². The standard InChI is InChI=1S/C12H15NO4/c1-4-12(2,3)17-11(14)9-5-7-10(8-6-9)13(15)16/h5-8H,4H2,1-3H3. The number of nitro groups is 1. The van der Waals surface area contributed by atoms with E-state index in [2.05, 4.69) is 0 Å². The van der Waals surface area contributed by atoms with Crippen molar-refractivity contribution < 1.29 is 14.5 Å². The molecule has 0 atom stereocenters. The highest BCUT2D eigenvalue weighted by Crippen LogP contribution is 2.18. The Morgan fingerprint density at radius 3 is 2.29 bits per heavy atom. The second-order valence-corrected chi connectivity index (χ2v) is 4.31. The number of ether oxygens (including phenoxy) is 1. The number of benzene rings is 1. The molecule has 0 unspecified atom stereocenters. The van der Waals surface area contributed by atoms with Gasteiger partial charge < -0.3 is 4.74 Å². The molecule has 0 bridgehead atoms. The van der Waals surface area contributed by atoms with Gasteiger partial charge in [0.25, 0.3) is 5.69 Å². The third-order valence-corrected chi connectivity index (χ3v) is 2.53. The molecule has 1 aromatic carbocycles. The van der Waals surface area contributed by atoms with Gasteiger partial charge in [-0.2, -0.15) is 0 Å². The first kappa shape index (κ1) is 13.2. The van der Waals surface area contributed by atoms with E-state index < -0.39 is 16.5 Å². The summed E-state index contributed by atoms with van der Waals surface area (Å²) in [5, 5.41) is 10.4. The molecule has 0 aliphatic heterocycles. The molecule has 0 aromatic heterocycles. The summed E-state index contributed by atoms with van der Waals surface area (Å²) in [6, 6.07) is 5.36. The highest BCUT2D eigenvalue weighted by Gasteiger charge is 2.21. The van der Waals surface area contributed by atoms with Gasteiger partial charge in [-0.1, -0.05) is 6.92 Å². The minimum absolute atomic E-state index is 0.0451. The molecule has 0 N–H and O–H groups in total. The van der Waals surface area contributed by atoms with Crippen molar-refractivity contribution in [2.24, 2.45) is 0 Å². The molecular weight excluding hydrogens is 222 g/mol. The Bertz CT molecular complexity index is 423. The molecule has 0 aliphatic rings. The maximum Gasteiger partial charge on any atom is 0.338 e. The van der Waals surface area contributed by atoms with Gasteiger partial charge in [-0.3, -0.25) is 10.1 Å². The fourth-order valence-electron chi connectivity index (χ4n) is 1.10. The van der Waals surface area contributed by atoms with Crippen molar-refractivity contribution in [2.45, 2.75) is 32.8 Å². The first-order valence-corrected chi connectivity index (χ1v) is 5.33. The molecule has 17 heavy (non-hydrogen) atoms. The zero-order valence-corrected chi connectivity index (χ0v) is 10.1. The maximum atomic E-state index is 11.7. The van der Waals surface area contributed by atoms with Crippen LogP contribution in [0.1, 0.15) is 37.6 Å². The van der Waals surface area contributed by atoms with Gasteiger partial charge in [0.1, 0.15) is 5.60 Å². The minimum Gasteiger partial charge on any atom is -0.456 e. The zero-order chi connectivity index (χ0) is 13.1. The van der Waals surface area contributed by atoms with E-state index in [-0.39, 0.29) is 5.69 Å². The molecule has 1 aromatic rings. The molecular formula is C12H15NO4. The average Bonchev–Trinajstić information content (AvgIpc) is 2.28. The second kappa shape index (κ2) is 4.95. The summed E-state index contributed by atoms with van der Waals surface area (Å²) in [5.74, 6) is -0.466. The summed E-state index contributed by atoms with van der Waals surface area (Å²) < 4.78 is 5.26. The number of non-ortho nitro benzene ring substituents is 1. The number of carbonyl (C=O) groups excluding carboxylic acids is 1. The van der Waals surface area contributed by atoms with E-state index in [4.69, 9.17) is 4.74 Å². The average molecular weight is 237 g/mol. The molecule has 0 amide bonds. The van der Waals surface area contributed by atoms with Crippen molar-refractivity contribution in [1.29, 1.82) is 0 Å². The highest BCUT2D eigenvalue weighted by atomic mass is 16.6. The summed E-state index contributed by atoms with van der Waals surface area (Å²) >= 11 is 0. The predicted molar refractivity (Wildman–Crippen MR) is 62.9 cm³/mol. The molecule has 5 heteroatoms. The number of rotatable bonds is 4. The third-order valence-electron chi connectivity index (χ3n) is 2.53. The number of hydrogen-bond acceptors (Lipinski definition) is 4. The van der Waals surface area contributed by atoms with Crippen LogP contribution in [0.25, 0.3) is 0 Å². The fourth-order valence-corrected chi connectivity index (χ4v) is 1.10. The first-order chi connectivity index (χ1) is 7.85. The lowest BCUT2D eigenvalue weighted by Crippen LogP contribution is -2.27. The van der Waals surface area contributed by atoms with E-state index in [0.29, 0.717) is 12.0 Å². The number of nitro benzene ring substituents is 1. The van der Waals surface area contributed by atoms with Gasteiger partial charge in [-0.15, -0.1) is 0 Å². The highest BCUT2D eigenvalue weighted by molar-refractivity contribution is 5.89. The molecule has 0 radical (unpaired) electrons. The smallest absolute Gasteiger partial charge is 0.338 e. The van der Waals surface area contributed by atoms with E-state index in [9.17, 15) is 14.9 Å². The van der Waals surface area contributed by atoms with Crippen LogP contribution in [-0.2, 0) is 4.74 Å². The molecule has 0 fully saturated rings. The monoisotopic (exact) mass is 237 g/mol. The van der Waals surface area contributed by atoms with Crippen molar-refractivity contribution in [2.75, 3.05) is 0 Å². The Morgan fingerprint density at radius 2 is 1.88 bits per heavy atom. The number of hydrogen-bond donors (Lipinski definition) is 0. The summed E-state index contributed by atoms with van der Waals surface area (Å²) in [4.78, 5) is 21.6. The Balaban J connectivity index is 2.80. The van der Waals surface area contributed by atoms with E-state index in [0.717, 1.165) is 0 Å². The quantitative estimate of drug-likeness (QED) is 0.458. The molecule has 0 saturated heterocycles. The molecule has 0 spiro atoms. The van der Waals surface area contributed by atoms with E-state index in [1.807, 2.05) is 20.8 Å². The largest absolute Gasteiger partial charge is 0.456 e. The number of nitrogens with zero attached hydrogens (tertiary/aromatic N) is 1. The van der Waals surface area contributed by atoms with Crippen LogP contribution in [0.15, 0.2) is 24.3 Å². The molecule has 1 rings (SSSR count). The first-order valence-electron chi connectivity index (χ1n) is 5.33. The van der Waals surface area contributed by atoms with Gasteiger partial charge in [0.15, 0.2) is 0 Å².